The molecule has 2 aliphatic heterocycles. The molecule has 0 bridgehead atoms. The third-order valence-corrected chi connectivity index (χ3v) is 6.92. The van der Waals surface area contributed by atoms with Crippen LogP contribution in [-0.2, 0) is 17.8 Å². The van der Waals surface area contributed by atoms with E-state index in [1.165, 1.54) is 6.07 Å². The quantitative estimate of drug-likeness (QED) is 0.768. The number of piperazine rings is 1. The first-order valence-corrected chi connectivity index (χ1v) is 11.6. The maximum Gasteiger partial charge on any atom is 0.273 e. The number of benzene rings is 1. The minimum atomic E-state index is -0.249. The average molecular weight is 453 g/mol. The van der Waals surface area contributed by atoms with Crippen LogP contribution in [0.4, 0.5) is 16.2 Å². The molecule has 1 fully saturated rings. The Kier molecular flexibility index (Phi) is 5.42. The van der Waals surface area contributed by atoms with Crippen LogP contribution in [0.1, 0.15) is 60.4 Å². The molecule has 1 N–H and O–H groups in total. The molecule has 8 nitrogen and oxygen atoms in total. The molecule has 0 spiro atoms. The molecule has 2 aromatic rings. The molecule has 1 unspecified atom stereocenters. The van der Waals surface area contributed by atoms with Gasteiger partial charge in [0.25, 0.3) is 5.91 Å². The lowest BCUT2D eigenvalue weighted by Gasteiger charge is -2.34. The van der Waals surface area contributed by atoms with Crippen molar-refractivity contribution in [2.45, 2.75) is 52.2 Å². The molecule has 9 heteroatoms. The van der Waals surface area contributed by atoms with Gasteiger partial charge in [-0.15, -0.1) is 0 Å². The molecule has 1 atom stereocenters. The maximum absolute atomic E-state index is 13.9. The number of rotatable bonds is 4. The van der Waals surface area contributed by atoms with E-state index in [1.54, 1.807) is 22.8 Å². The average Bonchev–Trinajstić information content (AvgIpc) is 3.34. The second kappa shape index (κ2) is 8.28. The smallest absolute Gasteiger partial charge is 0.273 e. The van der Waals surface area contributed by atoms with Crippen LogP contribution in [0.25, 0.3) is 0 Å². The second-order valence-electron chi connectivity index (χ2n) is 9.30. The van der Waals surface area contributed by atoms with E-state index >= 15 is 0 Å². The van der Waals surface area contributed by atoms with Gasteiger partial charge in [-0.1, -0.05) is 6.07 Å². The molecule has 33 heavy (non-hydrogen) atoms. The van der Waals surface area contributed by atoms with Crippen molar-refractivity contribution in [3.63, 3.8) is 0 Å². The Balaban J connectivity index is 1.49. The van der Waals surface area contributed by atoms with Gasteiger partial charge < -0.3 is 20.0 Å². The Labute approximate surface area is 192 Å². The maximum atomic E-state index is 13.9. The van der Waals surface area contributed by atoms with Crippen LogP contribution in [0.3, 0.4) is 0 Å². The van der Waals surface area contributed by atoms with Crippen LogP contribution < -0.4 is 10.2 Å². The number of carbonyl (C=O) groups is 2. The summed E-state index contributed by atoms with van der Waals surface area (Å²) in [5.41, 5.74) is 3.32. The molecule has 174 valence electrons. The number of hydrogen-bond donors (Lipinski definition) is 1. The fourth-order valence-electron chi connectivity index (χ4n) is 4.96. The first-order valence-electron chi connectivity index (χ1n) is 11.6. The summed E-state index contributed by atoms with van der Waals surface area (Å²) in [6.45, 7) is 8.42. The third kappa shape index (κ3) is 3.89. The minimum Gasteiger partial charge on any atom is -0.363 e. The van der Waals surface area contributed by atoms with Gasteiger partial charge in [-0.2, -0.15) is 4.98 Å². The van der Waals surface area contributed by atoms with Crippen molar-refractivity contribution in [3.8, 4) is 0 Å². The molecular formula is C24H29FN6O2. The molecule has 1 saturated heterocycles. The molecule has 0 saturated carbocycles. The summed E-state index contributed by atoms with van der Waals surface area (Å²) < 4.78 is 13.9. The van der Waals surface area contributed by atoms with Crippen LogP contribution in [0.5, 0.6) is 0 Å². The summed E-state index contributed by atoms with van der Waals surface area (Å²) in [6.07, 6.45) is 1.71. The second-order valence-corrected chi connectivity index (χ2v) is 9.30. The van der Waals surface area contributed by atoms with Crippen molar-refractivity contribution in [2.75, 3.05) is 36.4 Å². The van der Waals surface area contributed by atoms with E-state index in [-0.39, 0.29) is 29.7 Å². The van der Waals surface area contributed by atoms with Crippen LogP contribution in [0.2, 0.25) is 0 Å². The number of halogens is 1. The van der Waals surface area contributed by atoms with Gasteiger partial charge in [0, 0.05) is 44.7 Å². The summed E-state index contributed by atoms with van der Waals surface area (Å²) in [7, 11) is 0. The minimum absolute atomic E-state index is 0.0448. The van der Waals surface area contributed by atoms with Crippen molar-refractivity contribution in [3.05, 3.63) is 46.4 Å². The lowest BCUT2D eigenvalue weighted by atomic mass is 10.1. The first kappa shape index (κ1) is 21.6. The van der Waals surface area contributed by atoms with E-state index in [1.807, 2.05) is 24.8 Å². The number of aromatic nitrogens is 2. The Morgan fingerprint density at radius 2 is 1.94 bits per heavy atom. The number of fused-ring (bicyclic) bond motifs is 2. The zero-order valence-corrected chi connectivity index (χ0v) is 19.3. The number of amides is 2. The zero-order valence-electron chi connectivity index (χ0n) is 19.3. The lowest BCUT2D eigenvalue weighted by Crippen LogP contribution is -2.48. The van der Waals surface area contributed by atoms with E-state index in [9.17, 15) is 14.0 Å². The van der Waals surface area contributed by atoms with Gasteiger partial charge in [0.2, 0.25) is 11.9 Å². The molecule has 2 amide bonds. The molecular weight excluding hydrogens is 423 g/mol. The third-order valence-electron chi connectivity index (χ3n) is 6.92. The molecule has 1 aromatic heterocycles. The van der Waals surface area contributed by atoms with E-state index in [0.29, 0.717) is 50.2 Å². The summed E-state index contributed by atoms with van der Waals surface area (Å²) in [5, 5.41) is 3.52. The molecule has 3 aliphatic rings. The predicted molar refractivity (Wildman–Crippen MR) is 123 cm³/mol. The zero-order chi connectivity index (χ0) is 23.3. The Morgan fingerprint density at radius 3 is 2.64 bits per heavy atom. The van der Waals surface area contributed by atoms with Crippen molar-refractivity contribution < 1.29 is 14.0 Å². The van der Waals surface area contributed by atoms with Crippen LogP contribution in [0.15, 0.2) is 18.2 Å². The monoisotopic (exact) mass is 452 g/mol. The highest BCUT2D eigenvalue weighted by Crippen LogP contribution is 2.37. The first-order chi connectivity index (χ1) is 15.8. The van der Waals surface area contributed by atoms with Gasteiger partial charge in [0.15, 0.2) is 0 Å². The molecule has 5 rings (SSSR count). The normalized spacial score (nSPS) is 19.8. The largest absolute Gasteiger partial charge is 0.363 e. The Hall–Kier alpha value is -3.23. The molecule has 1 aromatic carbocycles. The van der Waals surface area contributed by atoms with Gasteiger partial charge in [0.1, 0.15) is 17.3 Å². The highest BCUT2D eigenvalue weighted by Gasteiger charge is 2.36. The van der Waals surface area contributed by atoms with Gasteiger partial charge >= 0.3 is 0 Å². The van der Waals surface area contributed by atoms with Gasteiger partial charge in [-0.05, 0) is 49.9 Å². The summed E-state index contributed by atoms with van der Waals surface area (Å²) in [6, 6.07) is 4.92. The van der Waals surface area contributed by atoms with Gasteiger partial charge in [-0.3, -0.25) is 9.59 Å². The Morgan fingerprint density at radius 1 is 1.18 bits per heavy atom. The summed E-state index contributed by atoms with van der Waals surface area (Å²) in [4.78, 5) is 40.0. The highest BCUT2D eigenvalue weighted by atomic mass is 19.1. The number of aryl methyl sites for hydroxylation is 1. The van der Waals surface area contributed by atoms with Crippen LogP contribution in [-0.4, -0.2) is 63.8 Å². The predicted octanol–water partition coefficient (Wildman–Crippen LogP) is 2.75. The van der Waals surface area contributed by atoms with E-state index in [0.717, 1.165) is 29.5 Å². The Bertz CT molecular complexity index is 1110. The van der Waals surface area contributed by atoms with Crippen molar-refractivity contribution in [1.82, 2.24) is 19.8 Å². The van der Waals surface area contributed by atoms with Crippen LogP contribution >= 0.6 is 0 Å². The van der Waals surface area contributed by atoms with Gasteiger partial charge in [-0.25, -0.2) is 9.37 Å². The number of anilines is 2. The number of nitrogens with one attached hydrogen (secondary N) is 1. The number of carbonyl (C=O) groups excluding carboxylic acids is 2. The van der Waals surface area contributed by atoms with E-state index < -0.39 is 0 Å². The summed E-state index contributed by atoms with van der Waals surface area (Å²) >= 11 is 0. The topological polar surface area (TPSA) is 81.7 Å². The van der Waals surface area contributed by atoms with E-state index in [4.69, 9.17) is 4.98 Å². The van der Waals surface area contributed by atoms with Crippen molar-refractivity contribution >= 4 is 23.6 Å². The SMILES string of the molecule is CC(=O)N1CCN(c2nc(NC3CCc4ccc(F)cc43)c3c(n2)C(=O)N(C(C)C)C3)CC1. The van der Waals surface area contributed by atoms with Crippen LogP contribution in [0, 0.1) is 5.82 Å². The van der Waals surface area contributed by atoms with Gasteiger partial charge in [0.05, 0.1) is 12.6 Å². The van der Waals surface area contributed by atoms with Crippen molar-refractivity contribution in [2.24, 2.45) is 0 Å². The van der Waals surface area contributed by atoms with Crippen molar-refractivity contribution in [1.29, 1.82) is 0 Å². The molecule has 0 radical (unpaired) electrons. The molecule has 1 aliphatic carbocycles. The van der Waals surface area contributed by atoms with E-state index in [2.05, 4.69) is 10.3 Å². The lowest BCUT2D eigenvalue weighted by molar-refractivity contribution is -0.129. The summed E-state index contributed by atoms with van der Waals surface area (Å²) in [5.74, 6) is 0.854. The number of nitrogens with zero attached hydrogens (tertiary/aromatic N) is 5. The highest BCUT2D eigenvalue weighted by molar-refractivity contribution is 5.98. The standard InChI is InChI=1S/C24H29FN6O2/c1-14(2)31-13-19-21(23(31)33)27-24(30-10-8-29(9-11-30)15(3)32)28-22(19)26-20-7-5-16-4-6-17(25)12-18(16)20/h4,6,12,14,20H,5,7-11,13H2,1-3H3,(H,26,27,28). The molecule has 3 heterocycles. The number of hydrogen-bond acceptors (Lipinski definition) is 6. The fourth-order valence-corrected chi connectivity index (χ4v) is 4.96. The fraction of sp³-hybridized carbons (Fsp3) is 0.500.